The standard InChI is InChI=1S/C2H3F3O3S/c1-8-9(6,7)2(3,4)5/h1H3/i2-1. The lowest BCUT2D eigenvalue weighted by Crippen LogP contribution is -2.23. The van der Waals surface area contributed by atoms with Crippen LogP contribution < -0.4 is 0 Å². The van der Waals surface area contributed by atoms with Crippen LogP contribution in [0.5, 0.6) is 0 Å². The van der Waals surface area contributed by atoms with Crippen LogP contribution in [-0.4, -0.2) is 21.0 Å². The Labute approximate surface area is 49.5 Å². The van der Waals surface area contributed by atoms with Crippen molar-refractivity contribution in [3.63, 3.8) is 0 Å². The molecular formula is C2H3F3O3S. The first-order valence-corrected chi connectivity index (χ1v) is 3.09. The Bertz CT molecular complexity index is 178. The number of alkyl halides is 3. The van der Waals surface area contributed by atoms with E-state index in [1.807, 2.05) is 0 Å². The summed E-state index contributed by atoms with van der Waals surface area (Å²) in [6.45, 7) is 0. The van der Waals surface area contributed by atoms with Crippen LogP contribution in [0.4, 0.5) is 13.2 Å². The van der Waals surface area contributed by atoms with Crippen LogP contribution in [0, 0.1) is 0 Å². The lowest BCUT2D eigenvalue weighted by Gasteiger charge is -2.02. The van der Waals surface area contributed by atoms with E-state index in [-0.39, 0.29) is 0 Å². The number of halogens is 3. The third-order valence-electron chi connectivity index (χ3n) is 0.503. The molecule has 3 nitrogen and oxygen atoms in total. The maximum absolute atomic E-state index is 11.1. The van der Waals surface area contributed by atoms with Crippen LogP contribution in [0.1, 0.15) is 0 Å². The van der Waals surface area contributed by atoms with Gasteiger partial charge < -0.3 is 0 Å². The van der Waals surface area contributed by atoms with E-state index in [9.17, 15) is 21.6 Å². The molecule has 0 unspecified atom stereocenters. The van der Waals surface area contributed by atoms with Gasteiger partial charge in [0.05, 0.1) is 7.11 Å². The van der Waals surface area contributed by atoms with Gasteiger partial charge in [-0.3, -0.25) is 4.18 Å². The molecule has 0 N–H and O–H groups in total. The van der Waals surface area contributed by atoms with Gasteiger partial charge in [0.25, 0.3) is 0 Å². The second-order valence-electron chi connectivity index (χ2n) is 1.07. The van der Waals surface area contributed by atoms with Crippen molar-refractivity contribution < 1.29 is 25.8 Å². The van der Waals surface area contributed by atoms with Gasteiger partial charge >= 0.3 is 15.6 Å². The van der Waals surface area contributed by atoms with E-state index in [1.54, 1.807) is 0 Å². The van der Waals surface area contributed by atoms with Crippen molar-refractivity contribution in [2.45, 2.75) is 5.51 Å². The zero-order valence-electron chi connectivity index (χ0n) is 4.27. The molecule has 0 amide bonds. The van der Waals surface area contributed by atoms with Crippen molar-refractivity contribution in [3.05, 3.63) is 0 Å². The molecule has 0 saturated heterocycles. The van der Waals surface area contributed by atoms with Gasteiger partial charge in [0.2, 0.25) is 0 Å². The van der Waals surface area contributed by atoms with Gasteiger partial charge in [-0.05, 0) is 0 Å². The van der Waals surface area contributed by atoms with Crippen molar-refractivity contribution >= 4 is 10.1 Å². The molecule has 0 fully saturated rings. The van der Waals surface area contributed by atoms with Crippen molar-refractivity contribution in [3.8, 4) is 0 Å². The van der Waals surface area contributed by atoms with Crippen LogP contribution in [0.2, 0.25) is 0 Å². The van der Waals surface area contributed by atoms with Crippen molar-refractivity contribution in [1.29, 1.82) is 0 Å². The Balaban J connectivity index is 4.57. The largest absolute Gasteiger partial charge is 0.523 e. The highest BCUT2D eigenvalue weighted by atomic mass is 32.2. The Morgan fingerprint density at radius 3 is 1.67 bits per heavy atom. The maximum atomic E-state index is 11.1. The van der Waals surface area contributed by atoms with E-state index in [2.05, 4.69) is 4.18 Å². The van der Waals surface area contributed by atoms with Crippen LogP contribution in [-0.2, 0) is 14.3 Å². The van der Waals surface area contributed by atoms with E-state index in [4.69, 9.17) is 0 Å². The zero-order valence-corrected chi connectivity index (χ0v) is 5.08. The summed E-state index contributed by atoms with van der Waals surface area (Å²) in [7, 11) is -4.89. The summed E-state index contributed by atoms with van der Waals surface area (Å²) in [5.74, 6) is 0. The summed E-state index contributed by atoms with van der Waals surface area (Å²) >= 11 is 0. The summed E-state index contributed by atoms with van der Waals surface area (Å²) < 4.78 is 55.9. The van der Waals surface area contributed by atoms with Gasteiger partial charge in [-0.1, -0.05) is 0 Å². The summed E-state index contributed by atoms with van der Waals surface area (Å²) in [4.78, 5) is 0. The topological polar surface area (TPSA) is 43.4 Å². The molecule has 0 spiro atoms. The maximum Gasteiger partial charge on any atom is 0.523 e. The summed E-state index contributed by atoms with van der Waals surface area (Å²) in [6.07, 6.45) is 0. The number of hydrogen-bond acceptors (Lipinski definition) is 3. The van der Waals surface area contributed by atoms with Crippen molar-refractivity contribution in [2.75, 3.05) is 7.11 Å². The molecule has 0 atom stereocenters. The fraction of sp³-hybridized carbons (Fsp3) is 1.00. The van der Waals surface area contributed by atoms with E-state index < -0.39 is 15.6 Å². The van der Waals surface area contributed by atoms with Gasteiger partial charge in [-0.2, -0.15) is 21.6 Å². The van der Waals surface area contributed by atoms with Gasteiger partial charge in [-0.25, -0.2) is 0 Å². The first-order valence-electron chi connectivity index (χ1n) is 1.68. The number of rotatable bonds is 1. The molecule has 0 radical (unpaired) electrons. The summed E-state index contributed by atoms with van der Waals surface area (Å²) in [5, 5.41) is 0. The fourth-order valence-corrected chi connectivity index (χ4v) is 0.283. The molecule has 7 heteroatoms. The quantitative estimate of drug-likeness (QED) is 0.417. The Morgan fingerprint density at radius 2 is 1.67 bits per heavy atom. The van der Waals surface area contributed by atoms with E-state index >= 15 is 0 Å². The molecule has 0 aromatic carbocycles. The molecule has 0 aliphatic rings. The summed E-state index contributed by atoms with van der Waals surface area (Å²) in [6, 6.07) is 0. The first kappa shape index (κ1) is 8.70. The molecule has 0 aromatic heterocycles. The van der Waals surface area contributed by atoms with Crippen LogP contribution in [0.25, 0.3) is 0 Å². The molecule has 0 aromatic rings. The van der Waals surface area contributed by atoms with Crippen molar-refractivity contribution in [1.82, 2.24) is 0 Å². The highest BCUT2D eigenvalue weighted by Crippen LogP contribution is 2.23. The van der Waals surface area contributed by atoms with Crippen LogP contribution in [0.15, 0.2) is 0 Å². The smallest absolute Gasteiger partial charge is 0.267 e. The molecule has 0 rings (SSSR count). The molecular weight excluding hydrogens is 160 g/mol. The fourth-order valence-electron chi connectivity index (χ4n) is 0.0945. The lowest BCUT2D eigenvalue weighted by atomic mass is 10.6. The minimum absolute atomic E-state index is 0.447. The highest BCUT2D eigenvalue weighted by molar-refractivity contribution is 7.87. The minimum atomic E-state index is -5.34. The van der Waals surface area contributed by atoms with Crippen molar-refractivity contribution in [2.24, 2.45) is 0 Å². The third kappa shape index (κ3) is 1.83. The Kier molecular flexibility index (Phi) is 2.07. The van der Waals surface area contributed by atoms with E-state index in [1.165, 1.54) is 0 Å². The van der Waals surface area contributed by atoms with Gasteiger partial charge in [-0.15, -0.1) is 0 Å². The minimum Gasteiger partial charge on any atom is -0.267 e. The Hall–Kier alpha value is -0.300. The SMILES string of the molecule is COS(=O)(=O)[11C](F)(F)F. The second-order valence-corrected chi connectivity index (χ2v) is 2.77. The molecule has 0 bridgehead atoms. The molecule has 56 valence electrons. The number of hydrogen-bond donors (Lipinski definition) is 0. The summed E-state index contributed by atoms with van der Waals surface area (Å²) in [5.41, 5.74) is -5.30. The van der Waals surface area contributed by atoms with Crippen LogP contribution >= 0.6 is 0 Å². The predicted molar refractivity (Wildman–Crippen MR) is 22.0 cm³/mol. The van der Waals surface area contributed by atoms with E-state index in [0.717, 1.165) is 0 Å². The average Bonchev–Trinajstić information content (AvgIpc) is 1.64. The van der Waals surface area contributed by atoms with E-state index in [0.29, 0.717) is 7.11 Å². The highest BCUT2D eigenvalue weighted by Gasteiger charge is 2.46. The molecule has 0 aliphatic carbocycles. The molecule has 0 heterocycles. The predicted octanol–water partition coefficient (Wildman–Crippen LogP) is 0.482. The van der Waals surface area contributed by atoms with Gasteiger partial charge in [0, 0.05) is 0 Å². The lowest BCUT2D eigenvalue weighted by molar-refractivity contribution is -0.0526. The average molecular weight is 163 g/mol. The second kappa shape index (κ2) is 2.14. The molecule has 0 saturated carbocycles. The normalized spacial score (nSPS) is 13.8. The zero-order chi connectivity index (χ0) is 7.71. The Morgan fingerprint density at radius 1 is 1.33 bits per heavy atom. The van der Waals surface area contributed by atoms with Gasteiger partial charge in [0.1, 0.15) is 0 Å². The molecule has 9 heavy (non-hydrogen) atoms. The molecule has 0 aliphatic heterocycles. The van der Waals surface area contributed by atoms with Crippen LogP contribution in [0.3, 0.4) is 0 Å². The third-order valence-corrected chi connectivity index (χ3v) is 1.51. The first-order chi connectivity index (χ1) is 3.81. The van der Waals surface area contributed by atoms with Gasteiger partial charge in [0.15, 0.2) is 0 Å². The monoisotopic (exact) mass is 163 g/mol.